The van der Waals surface area contributed by atoms with Crippen molar-refractivity contribution in [2.75, 3.05) is 18.5 Å². The zero-order valence-corrected chi connectivity index (χ0v) is 14.9. The number of carbonyl (C=O) groups excluding carboxylic acids is 1. The Bertz CT molecular complexity index is 765. The Morgan fingerprint density at radius 3 is 2.73 bits per heavy atom. The third-order valence-corrected chi connectivity index (χ3v) is 5.35. The van der Waals surface area contributed by atoms with Crippen LogP contribution < -0.4 is 11.1 Å². The minimum absolute atomic E-state index is 0.135. The van der Waals surface area contributed by atoms with E-state index in [9.17, 15) is 4.79 Å². The Labute approximate surface area is 152 Å². The van der Waals surface area contributed by atoms with E-state index in [-0.39, 0.29) is 11.8 Å². The molecule has 7 heteroatoms. The molecule has 7 nitrogen and oxygen atoms in total. The SMILES string of the molecule is NC(C(=O)Nc1ccc(-c2nnc3n2CCCC3)cc1)C1CCOCC1. The predicted molar refractivity (Wildman–Crippen MR) is 98.5 cm³/mol. The maximum absolute atomic E-state index is 12.4. The highest BCUT2D eigenvalue weighted by Gasteiger charge is 2.26. The lowest BCUT2D eigenvalue weighted by Gasteiger charge is -2.26. The Morgan fingerprint density at radius 2 is 1.96 bits per heavy atom. The van der Waals surface area contributed by atoms with E-state index >= 15 is 0 Å². The number of hydrogen-bond donors (Lipinski definition) is 2. The highest BCUT2D eigenvalue weighted by Crippen LogP contribution is 2.24. The van der Waals surface area contributed by atoms with E-state index in [0.717, 1.165) is 55.1 Å². The number of carbonyl (C=O) groups is 1. The average molecular weight is 355 g/mol. The van der Waals surface area contributed by atoms with Crippen LogP contribution in [0.3, 0.4) is 0 Å². The summed E-state index contributed by atoms with van der Waals surface area (Å²) in [6.45, 7) is 2.34. The van der Waals surface area contributed by atoms with Gasteiger partial charge < -0.3 is 20.4 Å². The standard InChI is InChI=1S/C19H25N5O2/c20-17(13-8-11-26-12-9-13)19(25)21-15-6-4-14(5-7-15)18-23-22-16-3-1-2-10-24(16)18/h4-7,13,17H,1-3,8-12,20H2,(H,21,25). The molecule has 1 amide bonds. The largest absolute Gasteiger partial charge is 0.381 e. The Hall–Kier alpha value is -2.25. The van der Waals surface area contributed by atoms with Crippen molar-refractivity contribution in [3.63, 3.8) is 0 Å². The molecule has 2 aliphatic rings. The first-order valence-electron chi connectivity index (χ1n) is 9.39. The van der Waals surface area contributed by atoms with Crippen LogP contribution in [0.4, 0.5) is 5.69 Å². The van der Waals surface area contributed by atoms with Crippen LogP contribution in [-0.2, 0) is 22.5 Å². The van der Waals surface area contributed by atoms with E-state index in [1.807, 2.05) is 24.3 Å². The first-order valence-corrected chi connectivity index (χ1v) is 9.39. The summed E-state index contributed by atoms with van der Waals surface area (Å²) >= 11 is 0. The van der Waals surface area contributed by atoms with Crippen molar-refractivity contribution >= 4 is 11.6 Å². The molecule has 0 radical (unpaired) electrons. The summed E-state index contributed by atoms with van der Waals surface area (Å²) in [6.07, 6.45) is 5.01. The summed E-state index contributed by atoms with van der Waals surface area (Å²) in [5.74, 6) is 2.01. The highest BCUT2D eigenvalue weighted by molar-refractivity contribution is 5.95. The van der Waals surface area contributed by atoms with E-state index in [1.165, 1.54) is 6.42 Å². The van der Waals surface area contributed by atoms with Gasteiger partial charge in [0.05, 0.1) is 6.04 Å². The second-order valence-electron chi connectivity index (χ2n) is 7.09. The van der Waals surface area contributed by atoms with Gasteiger partial charge in [-0.3, -0.25) is 4.79 Å². The number of anilines is 1. The van der Waals surface area contributed by atoms with E-state index in [0.29, 0.717) is 13.2 Å². The van der Waals surface area contributed by atoms with Crippen molar-refractivity contribution in [1.29, 1.82) is 0 Å². The van der Waals surface area contributed by atoms with Gasteiger partial charge in [0.25, 0.3) is 0 Å². The molecule has 0 bridgehead atoms. The van der Waals surface area contributed by atoms with Crippen LogP contribution in [0.25, 0.3) is 11.4 Å². The number of nitrogens with one attached hydrogen (secondary N) is 1. The maximum Gasteiger partial charge on any atom is 0.241 e. The van der Waals surface area contributed by atoms with Crippen LogP contribution >= 0.6 is 0 Å². The van der Waals surface area contributed by atoms with Gasteiger partial charge in [-0.05, 0) is 55.9 Å². The fourth-order valence-electron chi connectivity index (χ4n) is 3.74. The second-order valence-corrected chi connectivity index (χ2v) is 7.09. The molecule has 1 unspecified atom stereocenters. The molecule has 0 aliphatic carbocycles. The van der Waals surface area contributed by atoms with Crippen LogP contribution in [0.5, 0.6) is 0 Å². The summed E-state index contributed by atoms with van der Waals surface area (Å²) in [4.78, 5) is 12.4. The quantitative estimate of drug-likeness (QED) is 0.874. The molecule has 1 aromatic carbocycles. The lowest BCUT2D eigenvalue weighted by Crippen LogP contribution is -2.43. The Balaban J connectivity index is 1.43. The molecule has 4 rings (SSSR count). The molecule has 3 N–H and O–H groups in total. The monoisotopic (exact) mass is 355 g/mol. The van der Waals surface area contributed by atoms with Crippen molar-refractivity contribution in [3.05, 3.63) is 30.1 Å². The van der Waals surface area contributed by atoms with Gasteiger partial charge in [-0.15, -0.1) is 10.2 Å². The number of amides is 1. The molecule has 0 spiro atoms. The van der Waals surface area contributed by atoms with Gasteiger partial charge >= 0.3 is 0 Å². The summed E-state index contributed by atoms with van der Waals surface area (Å²) in [5, 5.41) is 11.6. The number of aromatic nitrogens is 3. The summed E-state index contributed by atoms with van der Waals surface area (Å²) in [6, 6.07) is 7.24. The zero-order valence-electron chi connectivity index (χ0n) is 14.9. The number of fused-ring (bicyclic) bond motifs is 1. The first-order chi connectivity index (χ1) is 12.7. The van der Waals surface area contributed by atoms with Gasteiger partial charge in [0, 0.05) is 37.4 Å². The molecule has 138 valence electrons. The Morgan fingerprint density at radius 1 is 1.19 bits per heavy atom. The Kier molecular flexibility index (Phi) is 4.99. The smallest absolute Gasteiger partial charge is 0.241 e. The van der Waals surface area contributed by atoms with Crippen LogP contribution in [0.1, 0.15) is 31.5 Å². The molecule has 2 aliphatic heterocycles. The molecule has 3 heterocycles. The molecule has 2 aromatic rings. The lowest BCUT2D eigenvalue weighted by atomic mass is 9.92. The number of nitrogens with two attached hydrogens (primary N) is 1. The van der Waals surface area contributed by atoms with Gasteiger partial charge in [0.15, 0.2) is 5.82 Å². The number of aryl methyl sites for hydroxylation is 1. The average Bonchev–Trinajstić information content (AvgIpc) is 3.13. The van der Waals surface area contributed by atoms with Crippen molar-refractivity contribution in [2.24, 2.45) is 11.7 Å². The molecule has 1 atom stereocenters. The maximum atomic E-state index is 12.4. The van der Waals surface area contributed by atoms with Crippen LogP contribution in [-0.4, -0.2) is 39.9 Å². The molecular formula is C19H25N5O2. The van der Waals surface area contributed by atoms with E-state index in [1.54, 1.807) is 0 Å². The van der Waals surface area contributed by atoms with Crippen LogP contribution in [0.15, 0.2) is 24.3 Å². The van der Waals surface area contributed by atoms with Crippen molar-refractivity contribution < 1.29 is 9.53 Å². The molecule has 0 saturated carbocycles. The summed E-state index contributed by atoms with van der Waals surface area (Å²) in [7, 11) is 0. The minimum atomic E-state index is -0.498. The fraction of sp³-hybridized carbons (Fsp3) is 0.526. The molecule has 1 aromatic heterocycles. The number of benzene rings is 1. The topological polar surface area (TPSA) is 95.1 Å². The van der Waals surface area contributed by atoms with Gasteiger partial charge in [0.2, 0.25) is 5.91 Å². The third kappa shape index (κ3) is 3.50. The van der Waals surface area contributed by atoms with Gasteiger partial charge in [-0.1, -0.05) is 0 Å². The van der Waals surface area contributed by atoms with Gasteiger partial charge in [-0.2, -0.15) is 0 Å². The minimum Gasteiger partial charge on any atom is -0.381 e. The molecule has 1 saturated heterocycles. The highest BCUT2D eigenvalue weighted by atomic mass is 16.5. The third-order valence-electron chi connectivity index (χ3n) is 5.35. The predicted octanol–water partition coefficient (Wildman–Crippen LogP) is 1.97. The van der Waals surface area contributed by atoms with Gasteiger partial charge in [0.1, 0.15) is 5.82 Å². The van der Waals surface area contributed by atoms with Crippen LogP contribution in [0.2, 0.25) is 0 Å². The first kappa shape index (κ1) is 17.2. The van der Waals surface area contributed by atoms with Crippen molar-refractivity contribution in [1.82, 2.24) is 14.8 Å². The molecular weight excluding hydrogens is 330 g/mol. The zero-order chi connectivity index (χ0) is 17.9. The number of ether oxygens (including phenoxy) is 1. The number of rotatable bonds is 4. The van der Waals surface area contributed by atoms with E-state index in [2.05, 4.69) is 20.1 Å². The lowest BCUT2D eigenvalue weighted by molar-refractivity contribution is -0.119. The summed E-state index contributed by atoms with van der Waals surface area (Å²) in [5.41, 5.74) is 7.90. The number of nitrogens with zero attached hydrogens (tertiary/aromatic N) is 3. The van der Waals surface area contributed by atoms with E-state index in [4.69, 9.17) is 10.5 Å². The van der Waals surface area contributed by atoms with Crippen molar-refractivity contribution in [3.8, 4) is 11.4 Å². The molecule has 26 heavy (non-hydrogen) atoms. The fourth-order valence-corrected chi connectivity index (χ4v) is 3.74. The molecule has 1 fully saturated rings. The second kappa shape index (κ2) is 7.55. The van der Waals surface area contributed by atoms with Gasteiger partial charge in [-0.25, -0.2) is 0 Å². The number of hydrogen-bond acceptors (Lipinski definition) is 5. The summed E-state index contributed by atoms with van der Waals surface area (Å²) < 4.78 is 7.53. The van der Waals surface area contributed by atoms with Crippen LogP contribution in [0, 0.1) is 5.92 Å². The normalized spacial score (nSPS) is 19.0. The van der Waals surface area contributed by atoms with E-state index < -0.39 is 6.04 Å². The van der Waals surface area contributed by atoms with Crippen molar-refractivity contribution in [2.45, 2.75) is 44.7 Å².